The number of amides is 3. The molecule has 174 valence electrons. The Morgan fingerprint density at radius 2 is 1.80 bits per heavy atom. The van der Waals surface area contributed by atoms with E-state index in [9.17, 15) is 19.5 Å². The Balaban J connectivity index is 1.51. The molecule has 4 aromatic rings. The number of aromatic nitrogens is 1. The number of rotatable bonds is 4. The molecule has 0 bridgehead atoms. The molecule has 2 aliphatic heterocycles. The number of carbonyl (C=O) groups is 3. The lowest BCUT2D eigenvalue weighted by Crippen LogP contribution is -2.44. The summed E-state index contributed by atoms with van der Waals surface area (Å²) in [5.74, 6) is -1.02. The summed E-state index contributed by atoms with van der Waals surface area (Å²) < 4.78 is 5.43. The van der Waals surface area contributed by atoms with E-state index in [0.29, 0.717) is 17.9 Å². The predicted octanol–water partition coefficient (Wildman–Crippen LogP) is 3.02. The molecule has 0 spiro atoms. The Hall–Kier alpha value is -4.59. The van der Waals surface area contributed by atoms with E-state index in [0.717, 1.165) is 32.6 Å². The first-order valence-corrected chi connectivity index (χ1v) is 11.2. The Labute approximate surface area is 200 Å². The standard InChI is InChI=1S/C27H21N3O5/c1-35-18-6-4-5-16(13-18)24-23-20(19-7-2-3-8-21(19)28-23)14-22-25(31)29(27(34)30(22)24)17-11-9-15(10-12-17)26(32)33/h2-13,22,24,28H,14H2,1H3,(H,32,33)/p-1/t22-,24+/m0/s1. The number of urea groups is 1. The van der Waals surface area contributed by atoms with Gasteiger partial charge in [0.2, 0.25) is 0 Å². The van der Waals surface area contributed by atoms with Gasteiger partial charge in [-0.2, -0.15) is 0 Å². The number of fused-ring (bicyclic) bond motifs is 4. The van der Waals surface area contributed by atoms with Crippen LogP contribution < -0.4 is 14.7 Å². The molecular formula is C27H20N3O5-. The fourth-order valence-electron chi connectivity index (χ4n) is 5.22. The summed E-state index contributed by atoms with van der Waals surface area (Å²) in [4.78, 5) is 44.8. The minimum Gasteiger partial charge on any atom is -0.545 e. The number of imide groups is 1. The van der Waals surface area contributed by atoms with Gasteiger partial charge in [-0.25, -0.2) is 9.69 Å². The maximum Gasteiger partial charge on any atom is 0.332 e. The maximum absolute atomic E-state index is 13.8. The summed E-state index contributed by atoms with van der Waals surface area (Å²) in [6.07, 6.45) is 0.373. The van der Waals surface area contributed by atoms with Gasteiger partial charge in [0.25, 0.3) is 5.91 Å². The molecule has 8 heteroatoms. The number of carboxylic acid groups (broad SMARTS) is 1. The fraction of sp³-hybridized carbons (Fsp3) is 0.148. The molecule has 35 heavy (non-hydrogen) atoms. The summed E-state index contributed by atoms with van der Waals surface area (Å²) >= 11 is 0. The third-order valence-electron chi connectivity index (χ3n) is 6.82. The zero-order valence-corrected chi connectivity index (χ0v) is 18.7. The molecule has 6 rings (SSSR count). The Kier molecular flexibility index (Phi) is 4.63. The van der Waals surface area contributed by atoms with E-state index in [1.54, 1.807) is 12.0 Å². The first-order valence-electron chi connectivity index (χ1n) is 11.2. The lowest BCUT2D eigenvalue weighted by molar-refractivity contribution is -0.255. The smallest absolute Gasteiger partial charge is 0.332 e. The maximum atomic E-state index is 13.8. The van der Waals surface area contributed by atoms with Crippen LogP contribution >= 0.6 is 0 Å². The Morgan fingerprint density at radius 1 is 1.03 bits per heavy atom. The zero-order valence-electron chi connectivity index (χ0n) is 18.7. The number of methoxy groups -OCH3 is 1. The number of aromatic amines is 1. The van der Waals surface area contributed by atoms with Crippen LogP contribution in [0.15, 0.2) is 72.8 Å². The monoisotopic (exact) mass is 466 g/mol. The Bertz CT molecular complexity index is 1510. The van der Waals surface area contributed by atoms with E-state index in [4.69, 9.17) is 4.74 Å². The predicted molar refractivity (Wildman–Crippen MR) is 126 cm³/mol. The van der Waals surface area contributed by atoms with Crippen LogP contribution in [-0.4, -0.2) is 40.9 Å². The molecule has 3 aromatic carbocycles. The molecule has 2 atom stereocenters. The van der Waals surface area contributed by atoms with Gasteiger partial charge in [0.1, 0.15) is 17.8 Å². The molecule has 3 heterocycles. The van der Waals surface area contributed by atoms with Crippen LogP contribution in [0.4, 0.5) is 10.5 Å². The van der Waals surface area contributed by atoms with Crippen molar-refractivity contribution in [2.24, 2.45) is 0 Å². The summed E-state index contributed by atoms with van der Waals surface area (Å²) in [7, 11) is 1.58. The average Bonchev–Trinajstić information content (AvgIpc) is 3.37. The number of para-hydroxylation sites is 1. The van der Waals surface area contributed by atoms with Gasteiger partial charge in [0.15, 0.2) is 0 Å². The molecule has 1 saturated heterocycles. The summed E-state index contributed by atoms with van der Waals surface area (Å²) in [6, 6.07) is 19.3. The second-order valence-electron chi connectivity index (χ2n) is 8.66. The van der Waals surface area contributed by atoms with Crippen LogP contribution in [0, 0.1) is 0 Å². The van der Waals surface area contributed by atoms with Crippen molar-refractivity contribution in [2.45, 2.75) is 18.5 Å². The number of nitrogens with zero attached hydrogens (tertiary/aromatic N) is 2. The molecule has 8 nitrogen and oxygen atoms in total. The number of nitrogens with one attached hydrogen (secondary N) is 1. The third-order valence-corrected chi connectivity index (χ3v) is 6.82. The zero-order chi connectivity index (χ0) is 24.3. The first kappa shape index (κ1) is 21.0. The van der Waals surface area contributed by atoms with Gasteiger partial charge in [-0.05, 0) is 47.0 Å². The van der Waals surface area contributed by atoms with Crippen LogP contribution in [-0.2, 0) is 11.2 Å². The molecule has 1 fully saturated rings. The van der Waals surface area contributed by atoms with E-state index in [2.05, 4.69) is 4.98 Å². The number of carbonyl (C=O) groups excluding carboxylic acids is 3. The minimum atomic E-state index is -1.32. The number of H-pyrrole nitrogens is 1. The van der Waals surface area contributed by atoms with Gasteiger partial charge < -0.3 is 19.6 Å². The number of anilines is 1. The highest BCUT2D eigenvalue weighted by molar-refractivity contribution is 6.22. The molecule has 0 radical (unpaired) electrons. The number of benzene rings is 3. The van der Waals surface area contributed by atoms with Gasteiger partial charge >= 0.3 is 6.03 Å². The highest BCUT2D eigenvalue weighted by Gasteiger charge is 2.53. The minimum absolute atomic E-state index is 0.0266. The SMILES string of the molecule is COc1cccc([C@@H]2c3[nH]c4ccccc4c3C[C@H]3C(=O)N(c4ccc(C(=O)[O-])cc4)C(=O)N23)c1. The van der Waals surface area contributed by atoms with E-state index >= 15 is 0 Å². The van der Waals surface area contributed by atoms with Crippen molar-refractivity contribution in [2.75, 3.05) is 12.0 Å². The van der Waals surface area contributed by atoms with E-state index in [-0.39, 0.29) is 11.5 Å². The van der Waals surface area contributed by atoms with Gasteiger partial charge in [-0.1, -0.05) is 42.5 Å². The largest absolute Gasteiger partial charge is 0.545 e. The van der Waals surface area contributed by atoms with Crippen molar-refractivity contribution in [1.82, 2.24) is 9.88 Å². The molecule has 2 aliphatic rings. The number of ether oxygens (including phenoxy) is 1. The fourth-order valence-corrected chi connectivity index (χ4v) is 5.22. The van der Waals surface area contributed by atoms with Gasteiger partial charge in [-0.3, -0.25) is 9.69 Å². The second kappa shape index (κ2) is 7.73. The van der Waals surface area contributed by atoms with Crippen LogP contribution in [0.5, 0.6) is 5.75 Å². The summed E-state index contributed by atoms with van der Waals surface area (Å²) in [5, 5.41) is 12.2. The topological polar surface area (TPSA) is 106 Å². The van der Waals surface area contributed by atoms with Crippen molar-refractivity contribution < 1.29 is 24.2 Å². The number of aromatic carboxylic acids is 1. The first-order chi connectivity index (χ1) is 17.0. The highest BCUT2D eigenvalue weighted by atomic mass is 16.5. The number of carboxylic acids is 1. The molecular weight excluding hydrogens is 446 g/mol. The van der Waals surface area contributed by atoms with Gasteiger partial charge in [-0.15, -0.1) is 0 Å². The molecule has 0 unspecified atom stereocenters. The van der Waals surface area contributed by atoms with E-state index < -0.39 is 24.1 Å². The summed E-state index contributed by atoms with van der Waals surface area (Å²) in [5.41, 5.74) is 3.92. The number of hydrogen-bond donors (Lipinski definition) is 1. The van der Waals surface area contributed by atoms with Crippen molar-refractivity contribution in [1.29, 1.82) is 0 Å². The van der Waals surface area contributed by atoms with Crippen molar-refractivity contribution >= 4 is 34.5 Å². The van der Waals surface area contributed by atoms with Crippen LogP contribution in [0.25, 0.3) is 10.9 Å². The van der Waals surface area contributed by atoms with E-state index in [1.807, 2.05) is 48.5 Å². The molecule has 3 amide bonds. The normalized spacial score (nSPS) is 19.1. The Morgan fingerprint density at radius 3 is 2.54 bits per heavy atom. The van der Waals surface area contributed by atoms with Crippen molar-refractivity contribution in [3.8, 4) is 5.75 Å². The van der Waals surface area contributed by atoms with Gasteiger partial charge in [0.05, 0.1) is 18.8 Å². The quantitative estimate of drug-likeness (QED) is 0.466. The lowest BCUT2D eigenvalue weighted by Gasteiger charge is -2.36. The molecule has 0 aliphatic carbocycles. The van der Waals surface area contributed by atoms with E-state index in [1.165, 1.54) is 24.3 Å². The number of hydrogen-bond acceptors (Lipinski definition) is 5. The second-order valence-corrected chi connectivity index (χ2v) is 8.66. The summed E-state index contributed by atoms with van der Waals surface area (Å²) in [6.45, 7) is 0. The van der Waals surface area contributed by atoms with Crippen LogP contribution in [0.3, 0.4) is 0 Å². The lowest BCUT2D eigenvalue weighted by atomic mass is 9.89. The van der Waals surface area contributed by atoms with Crippen LogP contribution in [0.1, 0.15) is 33.2 Å². The van der Waals surface area contributed by atoms with Crippen molar-refractivity contribution in [3.63, 3.8) is 0 Å². The molecule has 1 N–H and O–H groups in total. The molecule has 1 aromatic heterocycles. The average molecular weight is 466 g/mol. The van der Waals surface area contributed by atoms with Crippen LogP contribution in [0.2, 0.25) is 0 Å². The van der Waals surface area contributed by atoms with Gasteiger partial charge in [0, 0.05) is 23.0 Å². The van der Waals surface area contributed by atoms with Crippen molar-refractivity contribution in [3.05, 3.63) is 95.2 Å². The molecule has 0 saturated carbocycles. The highest BCUT2D eigenvalue weighted by Crippen LogP contribution is 2.45. The third kappa shape index (κ3) is 3.10.